The number of nitrogens with one attached hydrogen (secondary N) is 3. The molecule has 3 aromatic rings. The van der Waals surface area contributed by atoms with Crippen molar-refractivity contribution in [1.29, 1.82) is 0 Å². The van der Waals surface area contributed by atoms with Crippen molar-refractivity contribution >= 4 is 40.4 Å². The average Bonchev–Trinajstić information content (AvgIpc) is 3.21. The van der Waals surface area contributed by atoms with E-state index >= 15 is 0 Å². The van der Waals surface area contributed by atoms with Crippen molar-refractivity contribution in [2.24, 2.45) is 0 Å². The number of carbonyl (C=O) groups is 3. The van der Waals surface area contributed by atoms with E-state index < -0.39 is 12.1 Å². The zero-order valence-electron chi connectivity index (χ0n) is 19.0. The van der Waals surface area contributed by atoms with Crippen LogP contribution in [0.4, 0.5) is 21.2 Å². The second kappa shape index (κ2) is 8.53. The van der Waals surface area contributed by atoms with Crippen molar-refractivity contribution in [2.45, 2.75) is 46.1 Å². The van der Waals surface area contributed by atoms with Gasteiger partial charge in [-0.2, -0.15) is 0 Å². The van der Waals surface area contributed by atoms with Crippen molar-refractivity contribution in [3.8, 4) is 0 Å². The van der Waals surface area contributed by atoms with Gasteiger partial charge >= 0.3 is 12.1 Å². The Morgan fingerprint density at radius 3 is 2.70 bits per heavy atom. The summed E-state index contributed by atoms with van der Waals surface area (Å²) in [6.07, 6.45) is 0.241. The van der Waals surface area contributed by atoms with Gasteiger partial charge in [0.25, 0.3) is 0 Å². The van der Waals surface area contributed by atoms with Gasteiger partial charge in [-0.3, -0.25) is 25.3 Å². The van der Waals surface area contributed by atoms with Crippen LogP contribution in [0.3, 0.4) is 0 Å². The van der Waals surface area contributed by atoms with Crippen molar-refractivity contribution in [3.63, 3.8) is 0 Å². The summed E-state index contributed by atoms with van der Waals surface area (Å²) in [5, 5.41) is 12.6. The van der Waals surface area contributed by atoms with Crippen LogP contribution in [0.5, 0.6) is 0 Å². The number of nitrogens with zero attached hydrogens (tertiary/aromatic N) is 3. The first-order valence-corrected chi connectivity index (χ1v) is 10.6. The fraction of sp³-hybridized carbons (Fsp3) is 0.348. The number of imide groups is 1. The third-order valence-corrected chi connectivity index (χ3v) is 5.36. The number of aryl methyl sites for hydroxylation is 1. The van der Waals surface area contributed by atoms with Crippen molar-refractivity contribution in [1.82, 2.24) is 20.8 Å². The quantitative estimate of drug-likeness (QED) is 0.557. The van der Waals surface area contributed by atoms with Gasteiger partial charge in [-0.05, 0) is 30.7 Å². The van der Waals surface area contributed by atoms with E-state index in [9.17, 15) is 14.4 Å². The highest BCUT2D eigenvalue weighted by Gasteiger charge is 2.26. The van der Waals surface area contributed by atoms with Crippen LogP contribution >= 0.6 is 0 Å². The molecule has 0 spiro atoms. The maximum atomic E-state index is 12.3. The number of hydrogen-bond acceptors (Lipinski definition) is 6. The molecule has 1 aliphatic rings. The summed E-state index contributed by atoms with van der Waals surface area (Å²) >= 11 is 0. The smallest absolute Gasteiger partial charge is 0.328 e. The molecule has 0 bridgehead atoms. The molecule has 0 atom stereocenters. The zero-order chi connectivity index (χ0) is 23.8. The minimum Gasteiger partial charge on any atom is -0.338 e. The molecule has 3 heterocycles. The Kier molecular flexibility index (Phi) is 5.75. The van der Waals surface area contributed by atoms with Gasteiger partial charge in [0.15, 0.2) is 0 Å². The van der Waals surface area contributed by atoms with Gasteiger partial charge in [-0.15, -0.1) is 0 Å². The number of pyridine rings is 1. The molecule has 1 saturated heterocycles. The Morgan fingerprint density at radius 1 is 1.21 bits per heavy atom. The van der Waals surface area contributed by atoms with Crippen molar-refractivity contribution in [2.75, 3.05) is 16.8 Å². The van der Waals surface area contributed by atoms with E-state index in [1.54, 1.807) is 6.07 Å². The van der Waals surface area contributed by atoms with Crippen molar-refractivity contribution < 1.29 is 18.9 Å². The number of amides is 5. The standard InChI is InChI=1S/C23H26N6O4/c1-13-17(29-8-7-19(30)26-22(29)32)10-15-9-14(5-6-16(15)25-13)12-24-21(31)27-20-11-18(28-33-20)23(2,3)4/h5-6,9-11H,7-8,12H2,1-4H3,(H2,24,27,31)(H,26,30,32). The third kappa shape index (κ3) is 4.94. The highest BCUT2D eigenvalue weighted by Crippen LogP contribution is 2.26. The Morgan fingerprint density at radius 2 is 2.00 bits per heavy atom. The third-order valence-electron chi connectivity index (χ3n) is 5.36. The lowest BCUT2D eigenvalue weighted by molar-refractivity contribution is -0.120. The molecule has 33 heavy (non-hydrogen) atoms. The Hall–Kier alpha value is -3.95. The first-order valence-electron chi connectivity index (χ1n) is 10.6. The van der Waals surface area contributed by atoms with Gasteiger partial charge in [0.1, 0.15) is 0 Å². The molecule has 0 unspecified atom stereocenters. The van der Waals surface area contributed by atoms with E-state index in [2.05, 4.69) is 26.1 Å². The van der Waals surface area contributed by atoms with Gasteiger partial charge in [0.05, 0.1) is 22.6 Å². The van der Waals surface area contributed by atoms with Crippen LogP contribution in [0.1, 0.15) is 44.1 Å². The van der Waals surface area contributed by atoms with E-state index in [-0.39, 0.29) is 30.2 Å². The SMILES string of the molecule is Cc1nc2ccc(CNC(=O)Nc3cc(C(C)(C)C)no3)cc2cc1N1CCC(=O)NC1=O. The molecule has 1 aromatic carbocycles. The number of fused-ring (bicyclic) bond motifs is 1. The number of hydrogen-bond donors (Lipinski definition) is 3. The fourth-order valence-corrected chi connectivity index (χ4v) is 3.51. The minimum atomic E-state index is -0.452. The molecule has 4 rings (SSSR count). The van der Waals surface area contributed by atoms with Crippen LogP contribution in [-0.4, -0.2) is 34.7 Å². The molecule has 2 aromatic heterocycles. The lowest BCUT2D eigenvalue weighted by Crippen LogP contribution is -2.49. The lowest BCUT2D eigenvalue weighted by atomic mass is 9.92. The van der Waals surface area contributed by atoms with E-state index in [0.29, 0.717) is 17.9 Å². The fourth-order valence-electron chi connectivity index (χ4n) is 3.51. The second-order valence-electron chi connectivity index (χ2n) is 9.01. The topological polar surface area (TPSA) is 129 Å². The maximum Gasteiger partial charge on any atom is 0.328 e. The zero-order valence-corrected chi connectivity index (χ0v) is 19.0. The molecule has 10 heteroatoms. The van der Waals surface area contributed by atoms with Crippen LogP contribution in [-0.2, 0) is 16.8 Å². The Labute approximate surface area is 190 Å². The summed E-state index contributed by atoms with van der Waals surface area (Å²) in [4.78, 5) is 42.1. The summed E-state index contributed by atoms with van der Waals surface area (Å²) in [5.41, 5.74) is 3.54. The number of carbonyl (C=O) groups excluding carboxylic acids is 3. The predicted molar refractivity (Wildman–Crippen MR) is 123 cm³/mol. The Balaban J connectivity index is 1.45. The van der Waals surface area contributed by atoms with Gasteiger partial charge in [-0.25, -0.2) is 9.59 Å². The molecule has 5 amide bonds. The van der Waals surface area contributed by atoms with Crippen molar-refractivity contribution in [3.05, 3.63) is 47.3 Å². The van der Waals surface area contributed by atoms with Crippen LogP contribution in [0.2, 0.25) is 0 Å². The molecule has 0 aliphatic carbocycles. The average molecular weight is 450 g/mol. The molecule has 172 valence electrons. The summed E-state index contributed by atoms with van der Waals surface area (Å²) in [6.45, 7) is 8.43. The van der Waals surface area contributed by atoms with Crippen LogP contribution in [0, 0.1) is 6.92 Å². The molecule has 1 fully saturated rings. The summed E-state index contributed by atoms with van der Waals surface area (Å²) in [6, 6.07) is 8.37. The maximum absolute atomic E-state index is 12.3. The summed E-state index contributed by atoms with van der Waals surface area (Å²) in [5.74, 6) is -0.00667. The van der Waals surface area contributed by atoms with Gasteiger partial charge < -0.3 is 9.84 Å². The number of rotatable bonds is 4. The van der Waals surface area contributed by atoms with Crippen LogP contribution in [0.25, 0.3) is 10.9 Å². The molecular formula is C23H26N6O4. The first-order chi connectivity index (χ1) is 15.6. The van der Waals surface area contributed by atoms with Crippen LogP contribution < -0.4 is 20.9 Å². The van der Waals surface area contributed by atoms with Gasteiger partial charge in [0, 0.05) is 36.4 Å². The van der Waals surface area contributed by atoms with E-state index in [0.717, 1.165) is 22.2 Å². The molecule has 1 aliphatic heterocycles. The highest BCUT2D eigenvalue weighted by molar-refractivity contribution is 6.06. The number of aromatic nitrogens is 2. The normalized spacial score (nSPS) is 14.4. The van der Waals surface area contributed by atoms with E-state index in [4.69, 9.17) is 4.52 Å². The molecule has 10 nitrogen and oxygen atoms in total. The first kappa shape index (κ1) is 22.3. The van der Waals surface area contributed by atoms with Gasteiger partial charge in [0.2, 0.25) is 11.8 Å². The number of urea groups is 2. The number of benzene rings is 1. The van der Waals surface area contributed by atoms with E-state index in [1.165, 1.54) is 4.90 Å². The summed E-state index contributed by atoms with van der Waals surface area (Å²) in [7, 11) is 0. The monoisotopic (exact) mass is 450 g/mol. The molecule has 3 N–H and O–H groups in total. The van der Waals surface area contributed by atoms with Gasteiger partial charge in [-0.1, -0.05) is 32.0 Å². The molecule has 0 radical (unpaired) electrons. The largest absolute Gasteiger partial charge is 0.338 e. The van der Waals surface area contributed by atoms with E-state index in [1.807, 2.05) is 52.0 Å². The molecular weight excluding hydrogens is 424 g/mol. The highest BCUT2D eigenvalue weighted by atomic mass is 16.5. The lowest BCUT2D eigenvalue weighted by Gasteiger charge is -2.27. The Bertz CT molecular complexity index is 1240. The molecule has 0 saturated carbocycles. The minimum absolute atomic E-state index is 0.180. The summed E-state index contributed by atoms with van der Waals surface area (Å²) < 4.78 is 5.18. The second-order valence-corrected chi connectivity index (χ2v) is 9.01. The number of anilines is 2. The predicted octanol–water partition coefficient (Wildman–Crippen LogP) is 3.60. The van der Waals surface area contributed by atoms with Crippen LogP contribution in [0.15, 0.2) is 34.9 Å².